The molecule has 1 amide bonds. The summed E-state index contributed by atoms with van der Waals surface area (Å²) < 4.78 is 10.8. The number of carbonyl (C=O) groups excluding carboxylic acids is 2. The van der Waals surface area contributed by atoms with E-state index in [2.05, 4.69) is 4.90 Å². The van der Waals surface area contributed by atoms with Gasteiger partial charge in [-0.25, -0.2) is 0 Å². The molecule has 1 fully saturated rings. The molecule has 8 heteroatoms. The lowest BCUT2D eigenvalue weighted by Crippen LogP contribution is -2.38. The fraction of sp³-hybridized carbons (Fsp3) is 0.385. The second-order valence-corrected chi connectivity index (χ2v) is 8.15. The van der Waals surface area contributed by atoms with E-state index < -0.39 is 23.5 Å². The molecule has 0 aromatic heterocycles. The quantitative estimate of drug-likeness (QED) is 0.330. The number of Topliss-reactive ketones (excluding diaryl/α,β-unsaturated/α-hetero) is 1. The van der Waals surface area contributed by atoms with Crippen LogP contribution >= 0.6 is 0 Å². The molecule has 2 aromatic rings. The Bertz CT molecular complexity index is 1110. The number of carbonyl (C=O) groups is 2. The first-order chi connectivity index (χ1) is 16.3. The first kappa shape index (κ1) is 25.1. The number of hydrogen-bond acceptors (Lipinski definition) is 7. The molecule has 2 N–H and O–H groups in total. The summed E-state index contributed by atoms with van der Waals surface area (Å²) in [5, 5.41) is 21.6. The molecule has 34 heavy (non-hydrogen) atoms. The van der Waals surface area contributed by atoms with Crippen LogP contribution in [0.5, 0.6) is 17.2 Å². The molecule has 1 aliphatic heterocycles. The molecule has 0 aliphatic carbocycles. The Labute approximate surface area is 200 Å². The van der Waals surface area contributed by atoms with Crippen molar-refractivity contribution in [2.24, 2.45) is 0 Å². The molecule has 0 radical (unpaired) electrons. The van der Waals surface area contributed by atoms with E-state index in [4.69, 9.17) is 9.47 Å². The van der Waals surface area contributed by atoms with E-state index in [1.54, 1.807) is 30.3 Å². The predicted molar refractivity (Wildman–Crippen MR) is 129 cm³/mol. The van der Waals surface area contributed by atoms with Gasteiger partial charge in [0.1, 0.15) is 11.5 Å². The Balaban J connectivity index is 2.19. The van der Waals surface area contributed by atoms with Crippen molar-refractivity contribution in [2.45, 2.75) is 26.8 Å². The molecule has 1 unspecified atom stereocenters. The normalized spacial score (nSPS) is 17.5. The van der Waals surface area contributed by atoms with E-state index in [0.29, 0.717) is 30.2 Å². The maximum atomic E-state index is 13.2. The van der Waals surface area contributed by atoms with Gasteiger partial charge in [0.15, 0.2) is 11.5 Å². The van der Waals surface area contributed by atoms with Gasteiger partial charge in [-0.1, -0.05) is 31.5 Å². The van der Waals surface area contributed by atoms with Gasteiger partial charge in [-0.05, 0) is 49.8 Å². The number of rotatable bonds is 9. The van der Waals surface area contributed by atoms with Crippen LogP contribution in [0.25, 0.3) is 5.76 Å². The third-order valence-corrected chi connectivity index (χ3v) is 6.22. The number of amides is 1. The number of likely N-dealkylation sites (tertiary alicyclic amines) is 1. The number of methoxy groups -OCH3 is 2. The van der Waals surface area contributed by atoms with Gasteiger partial charge < -0.3 is 29.5 Å². The molecule has 182 valence electrons. The number of ether oxygens (including phenoxy) is 2. The molecule has 8 nitrogen and oxygen atoms in total. The number of benzene rings is 2. The number of nitrogens with zero attached hydrogens (tertiary/aromatic N) is 2. The first-order valence-electron chi connectivity index (χ1n) is 11.3. The third kappa shape index (κ3) is 4.72. The molecular weight excluding hydrogens is 436 g/mol. The Morgan fingerprint density at radius 2 is 1.71 bits per heavy atom. The molecule has 0 saturated carbocycles. The highest BCUT2D eigenvalue weighted by molar-refractivity contribution is 6.46. The topological polar surface area (TPSA) is 99.5 Å². The minimum absolute atomic E-state index is 0.0716. The average molecular weight is 469 g/mol. The third-order valence-electron chi connectivity index (χ3n) is 6.22. The Morgan fingerprint density at radius 1 is 1.03 bits per heavy atom. The number of aliphatic hydroxyl groups is 1. The van der Waals surface area contributed by atoms with Crippen LogP contribution in [-0.2, 0) is 9.59 Å². The monoisotopic (exact) mass is 468 g/mol. The van der Waals surface area contributed by atoms with Crippen LogP contribution in [0.1, 0.15) is 36.6 Å². The Kier molecular flexibility index (Phi) is 7.83. The molecule has 3 rings (SSSR count). The summed E-state index contributed by atoms with van der Waals surface area (Å²) >= 11 is 0. The van der Waals surface area contributed by atoms with Crippen molar-refractivity contribution >= 4 is 17.4 Å². The summed E-state index contributed by atoms with van der Waals surface area (Å²) in [5.41, 5.74) is 1.41. The summed E-state index contributed by atoms with van der Waals surface area (Å²) in [5.74, 6) is -1.14. The number of ketones is 1. The minimum atomic E-state index is -0.852. The fourth-order valence-electron chi connectivity index (χ4n) is 4.25. The summed E-state index contributed by atoms with van der Waals surface area (Å²) in [6.07, 6.45) is 0. The number of aliphatic hydroxyl groups excluding tert-OH is 1. The van der Waals surface area contributed by atoms with E-state index in [-0.39, 0.29) is 16.9 Å². The zero-order valence-corrected chi connectivity index (χ0v) is 20.3. The van der Waals surface area contributed by atoms with Crippen molar-refractivity contribution in [1.82, 2.24) is 9.80 Å². The number of phenolic OH excluding ortho intramolecular Hbond substituents is 1. The number of likely N-dealkylation sites (N-methyl/N-ethyl adjacent to an activating group) is 1. The molecule has 1 aliphatic rings. The summed E-state index contributed by atoms with van der Waals surface area (Å²) in [6.45, 7) is 8.34. The van der Waals surface area contributed by atoms with Gasteiger partial charge in [-0.2, -0.15) is 0 Å². The van der Waals surface area contributed by atoms with Crippen molar-refractivity contribution < 1.29 is 29.3 Å². The van der Waals surface area contributed by atoms with Crippen molar-refractivity contribution in [1.29, 1.82) is 0 Å². The lowest BCUT2D eigenvalue weighted by atomic mass is 9.94. The highest BCUT2D eigenvalue weighted by atomic mass is 16.5. The van der Waals surface area contributed by atoms with Crippen LogP contribution in [0.15, 0.2) is 42.0 Å². The van der Waals surface area contributed by atoms with Crippen LogP contribution in [0.3, 0.4) is 0 Å². The van der Waals surface area contributed by atoms with E-state index in [1.165, 1.54) is 25.2 Å². The molecule has 0 spiro atoms. The first-order valence-corrected chi connectivity index (χ1v) is 11.3. The number of hydrogen-bond donors (Lipinski definition) is 2. The van der Waals surface area contributed by atoms with E-state index >= 15 is 0 Å². The van der Waals surface area contributed by atoms with E-state index in [0.717, 1.165) is 18.7 Å². The minimum Gasteiger partial charge on any atom is -0.507 e. The van der Waals surface area contributed by atoms with Crippen molar-refractivity contribution in [3.8, 4) is 17.2 Å². The maximum Gasteiger partial charge on any atom is 0.295 e. The number of aryl methyl sites for hydroxylation is 1. The molecule has 1 heterocycles. The van der Waals surface area contributed by atoms with Crippen LogP contribution in [0.2, 0.25) is 0 Å². The van der Waals surface area contributed by atoms with E-state index in [9.17, 15) is 19.8 Å². The van der Waals surface area contributed by atoms with E-state index in [1.807, 2.05) is 20.8 Å². The van der Waals surface area contributed by atoms with Crippen molar-refractivity contribution in [2.75, 3.05) is 40.4 Å². The number of phenols is 1. The zero-order valence-electron chi connectivity index (χ0n) is 20.3. The Morgan fingerprint density at radius 3 is 2.32 bits per heavy atom. The second-order valence-electron chi connectivity index (χ2n) is 8.15. The smallest absolute Gasteiger partial charge is 0.295 e. The van der Waals surface area contributed by atoms with Gasteiger partial charge in [0.25, 0.3) is 11.7 Å². The van der Waals surface area contributed by atoms with Gasteiger partial charge in [0.05, 0.1) is 31.4 Å². The lowest BCUT2D eigenvalue weighted by Gasteiger charge is -2.28. The lowest BCUT2D eigenvalue weighted by molar-refractivity contribution is -0.140. The summed E-state index contributed by atoms with van der Waals surface area (Å²) in [7, 11) is 3.03. The standard InChI is InChI=1S/C26H32N2O6/c1-6-27(7-2)12-13-28-23(17-9-11-20(33-4)21(15-17)34-5)22(25(31)26(28)32)24(30)18-14-16(3)8-10-19(18)29/h8-11,14-15,23,29-30H,6-7,12-13H2,1-5H3/b24-22+. The van der Waals surface area contributed by atoms with Gasteiger partial charge in [0, 0.05) is 13.1 Å². The van der Waals surface area contributed by atoms with Crippen molar-refractivity contribution in [3.05, 3.63) is 58.7 Å². The summed E-state index contributed by atoms with van der Waals surface area (Å²) in [6, 6.07) is 9.01. The number of aromatic hydroxyl groups is 1. The van der Waals surface area contributed by atoms with Gasteiger partial charge in [-0.3, -0.25) is 9.59 Å². The van der Waals surface area contributed by atoms with Crippen LogP contribution in [0, 0.1) is 6.92 Å². The van der Waals surface area contributed by atoms with Crippen molar-refractivity contribution in [3.63, 3.8) is 0 Å². The highest BCUT2D eigenvalue weighted by Gasteiger charge is 2.46. The maximum absolute atomic E-state index is 13.2. The van der Waals surface area contributed by atoms with Gasteiger partial charge in [-0.15, -0.1) is 0 Å². The molecular formula is C26H32N2O6. The van der Waals surface area contributed by atoms with Crippen LogP contribution < -0.4 is 9.47 Å². The second kappa shape index (κ2) is 10.6. The van der Waals surface area contributed by atoms with Gasteiger partial charge >= 0.3 is 0 Å². The largest absolute Gasteiger partial charge is 0.507 e. The molecule has 1 atom stereocenters. The summed E-state index contributed by atoms with van der Waals surface area (Å²) in [4.78, 5) is 30.0. The van der Waals surface area contributed by atoms with Crippen LogP contribution in [0.4, 0.5) is 0 Å². The van der Waals surface area contributed by atoms with Crippen LogP contribution in [-0.4, -0.2) is 72.1 Å². The van der Waals surface area contributed by atoms with Gasteiger partial charge in [0.2, 0.25) is 0 Å². The predicted octanol–water partition coefficient (Wildman–Crippen LogP) is 3.48. The zero-order chi connectivity index (χ0) is 25.0. The highest BCUT2D eigenvalue weighted by Crippen LogP contribution is 2.42. The molecule has 1 saturated heterocycles. The fourth-order valence-corrected chi connectivity index (χ4v) is 4.25. The molecule has 0 bridgehead atoms. The SMILES string of the molecule is CCN(CC)CCN1C(=O)C(=O)/C(=C(/O)c2cc(C)ccc2O)C1c1ccc(OC)c(OC)c1. The molecule has 2 aromatic carbocycles. The average Bonchev–Trinajstić information content (AvgIpc) is 3.10. The Hall–Kier alpha value is -3.52.